The number of carbonyl (C=O) groups is 2. The zero-order valence-corrected chi connectivity index (χ0v) is 19.3. The highest BCUT2D eigenvalue weighted by molar-refractivity contribution is 5.95. The van der Waals surface area contributed by atoms with Crippen molar-refractivity contribution in [2.24, 2.45) is 0 Å². The van der Waals surface area contributed by atoms with Crippen molar-refractivity contribution in [3.63, 3.8) is 0 Å². The van der Waals surface area contributed by atoms with Crippen LogP contribution in [-0.4, -0.2) is 24.4 Å². The third-order valence-corrected chi connectivity index (χ3v) is 5.91. The third kappa shape index (κ3) is 7.10. The maximum absolute atomic E-state index is 12.4. The molecule has 0 radical (unpaired) electrons. The molecule has 1 fully saturated rings. The SMILES string of the molecule is O=C(CNc1ccc(C(=O)NC2CCCCC2)cc1)Nc1cccc(OCc2ccccc2)c1. The van der Waals surface area contributed by atoms with Gasteiger partial charge in [-0.2, -0.15) is 0 Å². The maximum atomic E-state index is 12.4. The molecular weight excluding hydrogens is 426 g/mol. The van der Waals surface area contributed by atoms with Gasteiger partial charge in [-0.3, -0.25) is 9.59 Å². The van der Waals surface area contributed by atoms with E-state index in [4.69, 9.17) is 4.74 Å². The van der Waals surface area contributed by atoms with E-state index in [0.717, 1.165) is 24.1 Å². The summed E-state index contributed by atoms with van der Waals surface area (Å²) >= 11 is 0. The standard InChI is InChI=1S/C28H31N3O3/c32-27(30-25-12-7-13-26(18-25)34-20-21-8-3-1-4-9-21)19-29-23-16-14-22(15-17-23)28(33)31-24-10-5-2-6-11-24/h1,3-4,7-9,12-18,24,29H,2,5-6,10-11,19-20H2,(H,30,32)(H,31,33). The summed E-state index contributed by atoms with van der Waals surface area (Å²) in [7, 11) is 0. The lowest BCUT2D eigenvalue weighted by Gasteiger charge is -2.22. The lowest BCUT2D eigenvalue weighted by atomic mass is 9.95. The maximum Gasteiger partial charge on any atom is 0.251 e. The van der Waals surface area contributed by atoms with E-state index in [1.54, 1.807) is 18.2 Å². The first-order valence-corrected chi connectivity index (χ1v) is 11.9. The minimum Gasteiger partial charge on any atom is -0.489 e. The van der Waals surface area contributed by atoms with Gasteiger partial charge < -0.3 is 20.7 Å². The first kappa shape index (κ1) is 23.4. The molecule has 34 heavy (non-hydrogen) atoms. The highest BCUT2D eigenvalue weighted by atomic mass is 16.5. The van der Waals surface area contributed by atoms with E-state index in [0.29, 0.717) is 23.6 Å². The van der Waals surface area contributed by atoms with Gasteiger partial charge in [-0.1, -0.05) is 55.7 Å². The average molecular weight is 458 g/mol. The molecule has 1 saturated carbocycles. The first-order valence-electron chi connectivity index (χ1n) is 11.9. The summed E-state index contributed by atoms with van der Waals surface area (Å²) in [4.78, 5) is 24.8. The monoisotopic (exact) mass is 457 g/mol. The molecular formula is C28H31N3O3. The third-order valence-electron chi connectivity index (χ3n) is 5.91. The molecule has 3 N–H and O–H groups in total. The highest BCUT2D eigenvalue weighted by Crippen LogP contribution is 2.20. The van der Waals surface area contributed by atoms with Gasteiger partial charge in [0.1, 0.15) is 12.4 Å². The van der Waals surface area contributed by atoms with Gasteiger partial charge in [-0.05, 0) is 54.8 Å². The molecule has 3 aromatic rings. The fourth-order valence-corrected chi connectivity index (χ4v) is 4.05. The smallest absolute Gasteiger partial charge is 0.251 e. The molecule has 6 heteroatoms. The zero-order chi connectivity index (χ0) is 23.6. The van der Waals surface area contributed by atoms with Crippen molar-refractivity contribution in [1.82, 2.24) is 5.32 Å². The van der Waals surface area contributed by atoms with Crippen LogP contribution in [0.3, 0.4) is 0 Å². The van der Waals surface area contributed by atoms with Gasteiger partial charge in [-0.15, -0.1) is 0 Å². The molecule has 2 amide bonds. The van der Waals surface area contributed by atoms with Crippen LogP contribution < -0.4 is 20.7 Å². The number of hydrogen-bond acceptors (Lipinski definition) is 4. The second kappa shape index (κ2) is 11.9. The summed E-state index contributed by atoms with van der Waals surface area (Å²) in [6, 6.07) is 24.8. The number of carbonyl (C=O) groups excluding carboxylic acids is 2. The van der Waals surface area contributed by atoms with E-state index < -0.39 is 0 Å². The predicted molar refractivity (Wildman–Crippen MR) is 135 cm³/mol. The van der Waals surface area contributed by atoms with Gasteiger partial charge in [-0.25, -0.2) is 0 Å². The van der Waals surface area contributed by atoms with E-state index in [1.165, 1.54) is 19.3 Å². The number of amides is 2. The van der Waals surface area contributed by atoms with Crippen molar-refractivity contribution in [2.75, 3.05) is 17.2 Å². The Kier molecular flexibility index (Phi) is 8.17. The Bertz CT molecular complexity index is 1080. The van der Waals surface area contributed by atoms with Crippen LogP contribution in [0.1, 0.15) is 48.0 Å². The minimum atomic E-state index is -0.167. The number of hydrogen-bond donors (Lipinski definition) is 3. The Hall–Kier alpha value is -3.80. The fourth-order valence-electron chi connectivity index (χ4n) is 4.05. The number of ether oxygens (including phenoxy) is 1. The van der Waals surface area contributed by atoms with Gasteiger partial charge in [0.2, 0.25) is 5.91 Å². The van der Waals surface area contributed by atoms with Crippen molar-refractivity contribution in [2.45, 2.75) is 44.8 Å². The van der Waals surface area contributed by atoms with Crippen molar-refractivity contribution >= 4 is 23.2 Å². The van der Waals surface area contributed by atoms with E-state index in [2.05, 4.69) is 16.0 Å². The van der Waals surface area contributed by atoms with Gasteiger partial charge >= 0.3 is 0 Å². The molecule has 176 valence electrons. The number of nitrogens with one attached hydrogen (secondary N) is 3. The van der Waals surface area contributed by atoms with Crippen LogP contribution in [-0.2, 0) is 11.4 Å². The number of rotatable bonds is 9. The van der Waals surface area contributed by atoms with Crippen LogP contribution in [0.2, 0.25) is 0 Å². The molecule has 0 aliphatic heterocycles. The Morgan fingerprint density at radius 3 is 2.35 bits per heavy atom. The van der Waals surface area contributed by atoms with Crippen molar-refractivity contribution in [3.8, 4) is 5.75 Å². The lowest BCUT2D eigenvalue weighted by Crippen LogP contribution is -2.36. The van der Waals surface area contributed by atoms with Crippen molar-refractivity contribution in [3.05, 3.63) is 90.0 Å². The van der Waals surface area contributed by atoms with E-state index in [9.17, 15) is 9.59 Å². The fraction of sp³-hybridized carbons (Fsp3) is 0.286. The second-order valence-electron chi connectivity index (χ2n) is 8.59. The van der Waals surface area contributed by atoms with Gasteiger partial charge in [0.05, 0.1) is 6.54 Å². The number of anilines is 2. The minimum absolute atomic E-state index is 0.0365. The largest absolute Gasteiger partial charge is 0.489 e. The molecule has 3 aromatic carbocycles. The molecule has 0 heterocycles. The molecule has 0 saturated heterocycles. The molecule has 0 aromatic heterocycles. The van der Waals surface area contributed by atoms with Crippen LogP contribution in [0.15, 0.2) is 78.9 Å². The summed E-state index contributed by atoms with van der Waals surface area (Å²) in [5.41, 5.74) is 3.17. The first-order chi connectivity index (χ1) is 16.7. The van der Waals surface area contributed by atoms with Crippen LogP contribution in [0.5, 0.6) is 5.75 Å². The average Bonchev–Trinajstić information content (AvgIpc) is 2.88. The summed E-state index contributed by atoms with van der Waals surface area (Å²) < 4.78 is 5.82. The Morgan fingerprint density at radius 1 is 0.824 bits per heavy atom. The molecule has 0 unspecified atom stereocenters. The Balaban J connectivity index is 1.22. The van der Waals surface area contributed by atoms with Gasteiger partial charge in [0.25, 0.3) is 5.91 Å². The molecule has 0 spiro atoms. The Morgan fingerprint density at radius 2 is 1.59 bits per heavy atom. The van der Waals surface area contributed by atoms with Crippen molar-refractivity contribution < 1.29 is 14.3 Å². The zero-order valence-electron chi connectivity index (χ0n) is 19.3. The molecule has 0 atom stereocenters. The van der Waals surface area contributed by atoms with Crippen LogP contribution in [0.25, 0.3) is 0 Å². The Labute approximate surface area is 200 Å². The van der Waals surface area contributed by atoms with Crippen LogP contribution >= 0.6 is 0 Å². The number of benzene rings is 3. The quantitative estimate of drug-likeness (QED) is 0.403. The normalized spacial score (nSPS) is 13.6. The summed E-state index contributed by atoms with van der Waals surface area (Å²) in [5.74, 6) is 0.488. The molecule has 1 aliphatic carbocycles. The predicted octanol–water partition coefficient (Wildman–Crippen LogP) is 5.38. The van der Waals surface area contributed by atoms with Crippen LogP contribution in [0.4, 0.5) is 11.4 Å². The second-order valence-corrected chi connectivity index (χ2v) is 8.59. The molecule has 0 bridgehead atoms. The van der Waals surface area contributed by atoms with Gasteiger partial charge in [0.15, 0.2) is 0 Å². The highest BCUT2D eigenvalue weighted by Gasteiger charge is 2.16. The topological polar surface area (TPSA) is 79.5 Å². The summed E-state index contributed by atoms with van der Waals surface area (Å²) in [6.07, 6.45) is 5.74. The molecule has 1 aliphatic rings. The molecule has 4 rings (SSSR count). The van der Waals surface area contributed by atoms with E-state index in [1.807, 2.05) is 60.7 Å². The van der Waals surface area contributed by atoms with E-state index in [-0.39, 0.29) is 24.4 Å². The van der Waals surface area contributed by atoms with Gasteiger partial charge in [0, 0.05) is 29.0 Å². The molecule has 6 nitrogen and oxygen atoms in total. The summed E-state index contributed by atoms with van der Waals surface area (Å²) in [5, 5.41) is 9.10. The van der Waals surface area contributed by atoms with Crippen molar-refractivity contribution in [1.29, 1.82) is 0 Å². The van der Waals surface area contributed by atoms with Crippen LogP contribution in [0, 0.1) is 0 Å². The lowest BCUT2D eigenvalue weighted by molar-refractivity contribution is -0.114. The summed E-state index contributed by atoms with van der Waals surface area (Å²) in [6.45, 7) is 0.581. The van der Waals surface area contributed by atoms with E-state index >= 15 is 0 Å².